The van der Waals surface area contributed by atoms with Gasteiger partial charge in [0.15, 0.2) is 11.6 Å². The zero-order chi connectivity index (χ0) is 22.2. The van der Waals surface area contributed by atoms with Crippen LogP contribution in [0.2, 0.25) is 0 Å². The number of thiophene rings is 1. The Morgan fingerprint density at radius 3 is 2.88 bits per heavy atom. The van der Waals surface area contributed by atoms with Crippen molar-refractivity contribution in [2.45, 2.75) is 13.3 Å². The number of rotatable bonds is 4. The Bertz CT molecular complexity index is 1370. The van der Waals surface area contributed by atoms with Gasteiger partial charge in [0.1, 0.15) is 5.82 Å². The molecule has 0 atom stereocenters. The monoisotopic (exact) mass is 511 g/mol. The molecular formula is C23H19BrFN5OS. The molecule has 1 aliphatic heterocycles. The number of benzene rings is 1. The summed E-state index contributed by atoms with van der Waals surface area (Å²) in [5, 5.41) is 4.17. The third-order valence-electron chi connectivity index (χ3n) is 5.25. The van der Waals surface area contributed by atoms with Crippen LogP contribution in [0.5, 0.6) is 11.8 Å². The third kappa shape index (κ3) is 3.87. The van der Waals surface area contributed by atoms with E-state index in [1.807, 2.05) is 13.0 Å². The highest BCUT2D eigenvalue weighted by Gasteiger charge is 2.23. The fourth-order valence-electron chi connectivity index (χ4n) is 3.74. The van der Waals surface area contributed by atoms with Crippen LogP contribution in [0.25, 0.3) is 26.8 Å². The van der Waals surface area contributed by atoms with Crippen LogP contribution >= 0.6 is 27.3 Å². The van der Waals surface area contributed by atoms with Crippen LogP contribution in [0.4, 0.5) is 10.2 Å². The molecule has 4 aromatic rings. The van der Waals surface area contributed by atoms with E-state index in [2.05, 4.69) is 42.3 Å². The minimum Gasteiger partial charge on any atom is -0.421 e. The molecule has 0 bridgehead atoms. The van der Waals surface area contributed by atoms with Crippen LogP contribution in [-0.2, 0) is 0 Å². The topological polar surface area (TPSA) is 86.0 Å². The quantitative estimate of drug-likeness (QED) is 0.364. The number of hydrogen-bond donors (Lipinski definition) is 2. The van der Waals surface area contributed by atoms with Crippen molar-refractivity contribution in [3.05, 3.63) is 63.6 Å². The summed E-state index contributed by atoms with van der Waals surface area (Å²) in [6, 6.07) is 6.76. The van der Waals surface area contributed by atoms with Crippen molar-refractivity contribution in [3.8, 4) is 22.9 Å². The molecule has 5 rings (SSSR count). The number of aryl methyl sites for hydroxylation is 1. The molecule has 0 amide bonds. The minimum absolute atomic E-state index is 0.0637. The van der Waals surface area contributed by atoms with E-state index in [9.17, 15) is 0 Å². The van der Waals surface area contributed by atoms with Gasteiger partial charge < -0.3 is 15.8 Å². The van der Waals surface area contributed by atoms with Crippen LogP contribution in [0.3, 0.4) is 0 Å². The van der Waals surface area contributed by atoms with Crippen molar-refractivity contribution in [1.29, 1.82) is 0 Å². The second-order valence-electron chi connectivity index (χ2n) is 7.41. The van der Waals surface area contributed by atoms with Crippen molar-refractivity contribution in [1.82, 2.24) is 20.3 Å². The van der Waals surface area contributed by atoms with Crippen LogP contribution < -0.4 is 15.8 Å². The first-order valence-corrected chi connectivity index (χ1v) is 11.7. The summed E-state index contributed by atoms with van der Waals surface area (Å²) in [6.45, 7) is 3.52. The van der Waals surface area contributed by atoms with Gasteiger partial charge in [-0.25, -0.2) is 19.3 Å². The molecule has 0 saturated carbocycles. The van der Waals surface area contributed by atoms with Crippen LogP contribution in [0, 0.1) is 12.7 Å². The van der Waals surface area contributed by atoms with E-state index >= 15 is 4.39 Å². The predicted octanol–water partition coefficient (Wildman–Crippen LogP) is 5.71. The third-order valence-corrected chi connectivity index (χ3v) is 7.41. The van der Waals surface area contributed by atoms with Crippen molar-refractivity contribution < 1.29 is 9.13 Å². The zero-order valence-corrected chi connectivity index (χ0v) is 19.6. The highest BCUT2D eigenvalue weighted by molar-refractivity contribution is 9.10. The molecule has 0 aliphatic carbocycles. The summed E-state index contributed by atoms with van der Waals surface area (Å²) in [5.74, 6) is -0.0170. The molecule has 0 radical (unpaired) electrons. The van der Waals surface area contributed by atoms with Crippen molar-refractivity contribution in [3.63, 3.8) is 0 Å². The number of hydrogen-bond acceptors (Lipinski definition) is 7. The molecule has 0 spiro atoms. The van der Waals surface area contributed by atoms with Gasteiger partial charge in [0.2, 0.25) is 0 Å². The highest BCUT2D eigenvalue weighted by atomic mass is 79.9. The minimum atomic E-state index is -0.501. The summed E-state index contributed by atoms with van der Waals surface area (Å²) in [7, 11) is 0. The number of nitrogens with zero attached hydrogens (tertiary/aromatic N) is 3. The average molecular weight is 512 g/mol. The second-order valence-corrected chi connectivity index (χ2v) is 9.29. The number of fused-ring (bicyclic) bond motifs is 1. The molecule has 1 aromatic carbocycles. The first-order chi connectivity index (χ1) is 15.5. The molecule has 0 fully saturated rings. The van der Waals surface area contributed by atoms with Gasteiger partial charge in [-0.05, 0) is 65.2 Å². The molecule has 3 aromatic heterocycles. The Kier molecular flexibility index (Phi) is 5.62. The molecule has 32 heavy (non-hydrogen) atoms. The van der Waals surface area contributed by atoms with Crippen molar-refractivity contribution >= 4 is 48.7 Å². The van der Waals surface area contributed by atoms with E-state index in [1.54, 1.807) is 35.9 Å². The number of halogens is 2. The first-order valence-electron chi connectivity index (χ1n) is 10.1. The second kappa shape index (κ2) is 8.57. The fraction of sp³-hybridized carbons (Fsp3) is 0.174. The maximum Gasteiger partial charge on any atom is 0.322 e. The van der Waals surface area contributed by atoms with Crippen LogP contribution in [-0.4, -0.2) is 28.0 Å². The average Bonchev–Trinajstić information content (AvgIpc) is 3.20. The van der Waals surface area contributed by atoms with Crippen molar-refractivity contribution in [2.75, 3.05) is 18.8 Å². The van der Waals surface area contributed by atoms with Gasteiger partial charge in [0, 0.05) is 40.5 Å². The molecule has 0 unspecified atom stereocenters. The highest BCUT2D eigenvalue weighted by Crippen LogP contribution is 2.47. The summed E-state index contributed by atoms with van der Waals surface area (Å²) in [6.07, 6.45) is 6.35. The molecule has 162 valence electrons. The van der Waals surface area contributed by atoms with E-state index in [0.717, 1.165) is 50.2 Å². The Hall–Kier alpha value is -2.88. The number of anilines is 1. The maximum atomic E-state index is 15.1. The maximum absolute atomic E-state index is 15.1. The lowest BCUT2D eigenvalue weighted by molar-refractivity contribution is 0.410. The standard InChI is InChI=1S/C23H19BrFN5OS/c1-12-4-9-28-23(30-12)31-17-3-2-14(10-16(17)25)18-19-21(15(24)11-29-22(19)26)32-20(18)13-5-7-27-8-6-13/h2-5,9-11,27H,6-8H2,1H3,(H2,26,29). The van der Waals surface area contributed by atoms with E-state index < -0.39 is 5.82 Å². The predicted molar refractivity (Wildman–Crippen MR) is 129 cm³/mol. The smallest absolute Gasteiger partial charge is 0.322 e. The molecule has 1 aliphatic rings. The first kappa shape index (κ1) is 21.0. The number of nitrogens with one attached hydrogen (secondary N) is 1. The SMILES string of the molecule is Cc1ccnc(Oc2ccc(-c3c(C4=CCNCC4)sc4c(Br)cnc(N)c34)cc2F)n1. The lowest BCUT2D eigenvalue weighted by Crippen LogP contribution is -2.19. The molecule has 6 nitrogen and oxygen atoms in total. The van der Waals surface area contributed by atoms with Gasteiger partial charge in [-0.3, -0.25) is 0 Å². The molecule has 4 heterocycles. The Morgan fingerprint density at radius 1 is 1.25 bits per heavy atom. The lowest BCUT2D eigenvalue weighted by Gasteiger charge is -2.15. The summed E-state index contributed by atoms with van der Waals surface area (Å²) < 4.78 is 22.6. The summed E-state index contributed by atoms with van der Waals surface area (Å²) in [5.41, 5.74) is 9.87. The molecule has 0 saturated heterocycles. The van der Waals surface area contributed by atoms with E-state index in [4.69, 9.17) is 10.5 Å². The molecule has 9 heteroatoms. The van der Waals surface area contributed by atoms with E-state index in [1.165, 1.54) is 11.6 Å². The zero-order valence-electron chi connectivity index (χ0n) is 17.2. The summed E-state index contributed by atoms with van der Waals surface area (Å²) >= 11 is 5.24. The summed E-state index contributed by atoms with van der Waals surface area (Å²) in [4.78, 5) is 13.6. The normalized spacial score (nSPS) is 13.9. The number of nitrogen functional groups attached to an aromatic ring is 1. The van der Waals surface area contributed by atoms with E-state index in [-0.39, 0.29) is 11.8 Å². The van der Waals surface area contributed by atoms with Crippen molar-refractivity contribution in [2.24, 2.45) is 0 Å². The number of ether oxygens (including phenoxy) is 1. The number of nitrogens with two attached hydrogens (primary N) is 1. The van der Waals surface area contributed by atoms with Gasteiger partial charge in [-0.15, -0.1) is 11.3 Å². The number of aromatic nitrogens is 3. The van der Waals surface area contributed by atoms with Gasteiger partial charge in [-0.2, -0.15) is 0 Å². The van der Waals surface area contributed by atoms with E-state index in [0.29, 0.717) is 11.4 Å². The van der Waals surface area contributed by atoms with Gasteiger partial charge in [-0.1, -0.05) is 12.1 Å². The van der Waals surface area contributed by atoms with Gasteiger partial charge >= 0.3 is 6.01 Å². The molecular weight excluding hydrogens is 493 g/mol. The molecule has 3 N–H and O–H groups in total. The fourth-order valence-corrected chi connectivity index (χ4v) is 5.58. The van der Waals surface area contributed by atoms with Gasteiger partial charge in [0.25, 0.3) is 0 Å². The Balaban J connectivity index is 1.64. The van der Waals surface area contributed by atoms with Crippen LogP contribution in [0.15, 0.2) is 47.2 Å². The number of pyridine rings is 1. The van der Waals surface area contributed by atoms with Crippen LogP contribution in [0.1, 0.15) is 17.0 Å². The Morgan fingerprint density at radius 2 is 2.12 bits per heavy atom. The Labute approximate surface area is 196 Å². The van der Waals surface area contributed by atoms with Gasteiger partial charge in [0.05, 0.1) is 9.17 Å². The largest absolute Gasteiger partial charge is 0.421 e. The lowest BCUT2D eigenvalue weighted by atomic mass is 9.96.